The largest absolute Gasteiger partial charge is 0.416 e. The molecule has 2 aromatic heterocycles. The summed E-state index contributed by atoms with van der Waals surface area (Å²) >= 11 is 1.41. The molecule has 1 aromatic carbocycles. The van der Waals surface area contributed by atoms with Gasteiger partial charge in [-0.05, 0) is 31.4 Å². The lowest BCUT2D eigenvalue weighted by atomic mass is 9.89. The Bertz CT molecular complexity index is 940. The number of nitrogens with zero attached hydrogens (tertiary/aromatic N) is 5. The van der Waals surface area contributed by atoms with Gasteiger partial charge in [-0.3, -0.25) is 0 Å². The molecule has 3 aromatic rings. The van der Waals surface area contributed by atoms with E-state index in [9.17, 15) is 0 Å². The highest BCUT2D eigenvalue weighted by Gasteiger charge is 2.21. The van der Waals surface area contributed by atoms with Crippen LogP contribution in [0.25, 0.3) is 0 Å². The van der Waals surface area contributed by atoms with E-state index in [4.69, 9.17) is 10.2 Å². The number of nitrogen functional groups attached to an aromatic ring is 1. The third-order valence-electron chi connectivity index (χ3n) is 4.79. The second-order valence-corrected chi connectivity index (χ2v) is 7.83. The number of hydrogen-bond acceptors (Lipinski definition) is 9. The molecule has 8 nitrogen and oxygen atoms in total. The minimum absolute atomic E-state index is 0.176. The highest BCUT2D eigenvalue weighted by atomic mass is 32.2. The summed E-state index contributed by atoms with van der Waals surface area (Å²) in [7, 11) is 0. The quantitative estimate of drug-likeness (QED) is 0.589. The van der Waals surface area contributed by atoms with Gasteiger partial charge in [0, 0.05) is 11.6 Å². The molecule has 1 fully saturated rings. The molecule has 0 bridgehead atoms. The van der Waals surface area contributed by atoms with E-state index >= 15 is 0 Å². The monoisotopic (exact) mass is 397 g/mol. The second-order valence-electron chi connectivity index (χ2n) is 6.90. The Labute approximate surface area is 167 Å². The van der Waals surface area contributed by atoms with Crippen molar-refractivity contribution in [2.24, 2.45) is 0 Å². The van der Waals surface area contributed by atoms with Crippen LogP contribution in [0.1, 0.15) is 55.3 Å². The predicted molar refractivity (Wildman–Crippen MR) is 108 cm³/mol. The third-order valence-corrected chi connectivity index (χ3v) is 5.61. The van der Waals surface area contributed by atoms with E-state index in [2.05, 4.69) is 30.5 Å². The minimum Gasteiger partial charge on any atom is -0.416 e. The van der Waals surface area contributed by atoms with Crippen LogP contribution in [-0.2, 0) is 5.75 Å². The van der Waals surface area contributed by atoms with Gasteiger partial charge in [0.05, 0.1) is 5.75 Å². The van der Waals surface area contributed by atoms with Crippen LogP contribution in [0, 0.1) is 6.92 Å². The number of aromatic nitrogens is 5. The summed E-state index contributed by atoms with van der Waals surface area (Å²) in [5, 5.41) is 12.1. The highest BCUT2D eigenvalue weighted by Crippen LogP contribution is 2.33. The van der Waals surface area contributed by atoms with Gasteiger partial charge in [0.15, 0.2) is 0 Å². The van der Waals surface area contributed by atoms with Gasteiger partial charge >= 0.3 is 0 Å². The van der Waals surface area contributed by atoms with Crippen LogP contribution in [0.2, 0.25) is 0 Å². The van der Waals surface area contributed by atoms with Crippen molar-refractivity contribution >= 4 is 29.3 Å². The molecule has 0 unspecified atom stereocenters. The lowest BCUT2D eigenvalue weighted by Crippen LogP contribution is -2.07. The van der Waals surface area contributed by atoms with Gasteiger partial charge in [0.2, 0.25) is 17.8 Å². The first-order valence-corrected chi connectivity index (χ1v) is 10.5. The zero-order chi connectivity index (χ0) is 19.3. The summed E-state index contributed by atoms with van der Waals surface area (Å²) in [4.78, 5) is 12.8. The fourth-order valence-corrected chi connectivity index (χ4v) is 3.94. The highest BCUT2D eigenvalue weighted by molar-refractivity contribution is 7.98. The zero-order valence-electron chi connectivity index (χ0n) is 15.8. The molecule has 0 spiro atoms. The summed E-state index contributed by atoms with van der Waals surface area (Å²) in [6.07, 6.45) is 6.02. The molecule has 2 heterocycles. The number of thioether (sulfide) groups is 1. The zero-order valence-corrected chi connectivity index (χ0v) is 16.6. The molecular formula is C19H23N7OS. The first-order valence-electron chi connectivity index (χ1n) is 9.46. The van der Waals surface area contributed by atoms with Crippen molar-refractivity contribution in [1.82, 2.24) is 25.1 Å². The van der Waals surface area contributed by atoms with Crippen LogP contribution in [0.5, 0.6) is 0 Å². The maximum absolute atomic E-state index is 5.86. The van der Waals surface area contributed by atoms with Gasteiger partial charge in [-0.25, -0.2) is 0 Å². The Balaban J connectivity index is 1.41. The Morgan fingerprint density at radius 3 is 2.75 bits per heavy atom. The number of para-hydroxylation sites is 1. The Morgan fingerprint density at radius 1 is 1.11 bits per heavy atom. The van der Waals surface area contributed by atoms with Crippen molar-refractivity contribution in [3.8, 4) is 0 Å². The molecule has 0 aliphatic heterocycles. The van der Waals surface area contributed by atoms with Crippen LogP contribution in [0.3, 0.4) is 0 Å². The van der Waals surface area contributed by atoms with E-state index < -0.39 is 0 Å². The number of nitrogens with two attached hydrogens (primary N) is 1. The number of nitrogens with one attached hydrogen (secondary N) is 1. The van der Waals surface area contributed by atoms with Gasteiger partial charge < -0.3 is 15.5 Å². The van der Waals surface area contributed by atoms with Crippen LogP contribution >= 0.6 is 11.8 Å². The van der Waals surface area contributed by atoms with Crippen molar-refractivity contribution in [1.29, 1.82) is 0 Å². The Hall–Kier alpha value is -2.68. The van der Waals surface area contributed by atoms with Gasteiger partial charge in [-0.1, -0.05) is 49.2 Å². The Kier molecular flexibility index (Phi) is 5.70. The molecule has 1 aliphatic rings. The van der Waals surface area contributed by atoms with Gasteiger partial charge in [0.1, 0.15) is 5.82 Å². The van der Waals surface area contributed by atoms with Crippen molar-refractivity contribution < 1.29 is 4.42 Å². The molecule has 0 atom stereocenters. The van der Waals surface area contributed by atoms with Crippen molar-refractivity contribution in [3.05, 3.63) is 41.5 Å². The van der Waals surface area contributed by atoms with E-state index in [-0.39, 0.29) is 5.95 Å². The third kappa shape index (κ3) is 4.59. The van der Waals surface area contributed by atoms with E-state index in [1.54, 1.807) is 0 Å². The first kappa shape index (κ1) is 18.7. The summed E-state index contributed by atoms with van der Waals surface area (Å²) < 4.78 is 5.84. The fraction of sp³-hybridized carbons (Fsp3) is 0.421. The molecule has 1 saturated carbocycles. The fourth-order valence-electron chi connectivity index (χ4n) is 3.31. The second kappa shape index (κ2) is 8.55. The molecule has 28 heavy (non-hydrogen) atoms. The van der Waals surface area contributed by atoms with Crippen molar-refractivity contribution in [2.75, 3.05) is 11.1 Å². The average molecular weight is 398 g/mol. The predicted octanol–water partition coefficient (Wildman–Crippen LogP) is 4.23. The molecular weight excluding hydrogens is 374 g/mol. The summed E-state index contributed by atoms with van der Waals surface area (Å²) in [5.74, 6) is 2.78. The summed E-state index contributed by atoms with van der Waals surface area (Å²) in [6, 6.07) is 7.92. The van der Waals surface area contributed by atoms with Gasteiger partial charge in [-0.15, -0.1) is 10.2 Å². The lowest BCUT2D eigenvalue weighted by molar-refractivity contribution is 0.334. The van der Waals surface area contributed by atoms with E-state index in [1.807, 2.05) is 31.2 Å². The van der Waals surface area contributed by atoms with Gasteiger partial charge in [-0.2, -0.15) is 15.0 Å². The number of benzene rings is 1. The maximum Gasteiger partial charge on any atom is 0.277 e. The van der Waals surface area contributed by atoms with Crippen LogP contribution in [-0.4, -0.2) is 25.1 Å². The maximum atomic E-state index is 5.86. The van der Waals surface area contributed by atoms with Crippen LogP contribution in [0.4, 0.5) is 17.6 Å². The summed E-state index contributed by atoms with van der Waals surface area (Å²) in [5.41, 5.74) is 7.89. The molecule has 3 N–H and O–H groups in total. The van der Waals surface area contributed by atoms with Gasteiger partial charge in [0.25, 0.3) is 5.22 Å². The molecule has 9 heteroatoms. The standard InChI is InChI=1S/C19H23N7OS/c1-12-7-5-6-10-14(12)21-18-23-15(22-17(20)24-18)11-28-19-26-25-16(27-19)13-8-3-2-4-9-13/h5-7,10,13H,2-4,8-9,11H2,1H3,(H3,20,21,22,23,24). The van der Waals surface area contributed by atoms with Crippen molar-refractivity contribution in [3.63, 3.8) is 0 Å². The van der Waals surface area contributed by atoms with Crippen LogP contribution in [0.15, 0.2) is 33.9 Å². The van der Waals surface area contributed by atoms with Crippen molar-refractivity contribution in [2.45, 2.75) is 55.9 Å². The first-order chi connectivity index (χ1) is 13.7. The Morgan fingerprint density at radius 2 is 1.93 bits per heavy atom. The molecule has 146 valence electrons. The summed E-state index contributed by atoms with van der Waals surface area (Å²) in [6.45, 7) is 2.02. The molecule has 0 saturated heterocycles. The van der Waals surface area contributed by atoms with E-state index in [1.165, 1.54) is 31.0 Å². The van der Waals surface area contributed by atoms with E-state index in [0.717, 1.165) is 30.0 Å². The van der Waals surface area contributed by atoms with E-state index in [0.29, 0.717) is 28.7 Å². The molecule has 1 aliphatic carbocycles. The molecule has 0 amide bonds. The topological polar surface area (TPSA) is 116 Å². The smallest absolute Gasteiger partial charge is 0.277 e. The minimum atomic E-state index is 0.176. The lowest BCUT2D eigenvalue weighted by Gasteiger charge is -2.17. The SMILES string of the molecule is Cc1ccccc1Nc1nc(N)nc(CSc2nnc(C3CCCCC3)o2)n1. The normalized spacial score (nSPS) is 14.9. The number of rotatable bonds is 6. The molecule has 0 radical (unpaired) electrons. The average Bonchev–Trinajstić information content (AvgIpc) is 3.18. The number of anilines is 3. The number of hydrogen-bond donors (Lipinski definition) is 2. The molecule has 4 rings (SSSR count). The van der Waals surface area contributed by atoms with Crippen LogP contribution < -0.4 is 11.1 Å². The number of aryl methyl sites for hydroxylation is 1.